The van der Waals surface area contributed by atoms with Gasteiger partial charge in [-0.15, -0.1) is 23.2 Å². The molecule has 1 heterocycles. The maximum Gasteiger partial charge on any atom is 0.0522 e. The summed E-state index contributed by atoms with van der Waals surface area (Å²) in [6.07, 6.45) is 0.934. The van der Waals surface area contributed by atoms with Gasteiger partial charge < -0.3 is 4.74 Å². The maximum atomic E-state index is 6.01. The molecule has 0 radical (unpaired) electrons. The van der Waals surface area contributed by atoms with Gasteiger partial charge in [0.2, 0.25) is 0 Å². The van der Waals surface area contributed by atoms with Gasteiger partial charge >= 0.3 is 0 Å². The van der Waals surface area contributed by atoms with Crippen molar-refractivity contribution < 1.29 is 4.74 Å². The number of hydrogen-bond donors (Lipinski definition) is 0. The van der Waals surface area contributed by atoms with Crippen molar-refractivity contribution in [2.75, 3.05) is 13.2 Å². The third-order valence-electron chi connectivity index (χ3n) is 1.90. The Bertz CT molecular complexity index is 106. The normalized spacial score (nSPS) is 37.5. The zero-order valence-electron chi connectivity index (χ0n) is 6.02. The molecule has 0 aromatic carbocycles. The molecule has 0 N–H and O–H groups in total. The molecule has 3 unspecified atom stereocenters. The minimum absolute atomic E-state index is 0.128. The van der Waals surface area contributed by atoms with Crippen molar-refractivity contribution in [3.63, 3.8) is 0 Å². The van der Waals surface area contributed by atoms with Crippen LogP contribution >= 0.6 is 23.2 Å². The molecule has 3 atom stereocenters. The third kappa shape index (κ3) is 2.01. The second-order valence-electron chi connectivity index (χ2n) is 2.72. The Morgan fingerprint density at radius 1 is 1.60 bits per heavy atom. The molecule has 1 fully saturated rings. The third-order valence-corrected chi connectivity index (χ3v) is 2.77. The molecule has 60 valence electrons. The van der Waals surface area contributed by atoms with E-state index in [2.05, 4.69) is 0 Å². The molecular formula is C7H12Cl2O. The van der Waals surface area contributed by atoms with Crippen LogP contribution in [0.15, 0.2) is 0 Å². The van der Waals surface area contributed by atoms with Crippen LogP contribution in [0.3, 0.4) is 0 Å². The largest absolute Gasteiger partial charge is 0.381 e. The summed E-state index contributed by atoms with van der Waals surface area (Å²) in [5.41, 5.74) is 0. The molecule has 1 nitrogen and oxygen atoms in total. The van der Waals surface area contributed by atoms with E-state index >= 15 is 0 Å². The van der Waals surface area contributed by atoms with Gasteiger partial charge in [-0.1, -0.05) is 0 Å². The minimum atomic E-state index is 0.128. The number of halogens is 2. The highest BCUT2D eigenvalue weighted by atomic mass is 35.5. The summed E-state index contributed by atoms with van der Waals surface area (Å²) >= 11 is 11.9. The van der Waals surface area contributed by atoms with E-state index < -0.39 is 0 Å². The average molecular weight is 183 g/mol. The molecule has 1 saturated heterocycles. The van der Waals surface area contributed by atoms with Crippen molar-refractivity contribution in [1.29, 1.82) is 0 Å². The Hall–Kier alpha value is 0.540. The summed E-state index contributed by atoms with van der Waals surface area (Å²) in [7, 11) is 0. The second kappa shape index (κ2) is 3.80. The summed E-state index contributed by atoms with van der Waals surface area (Å²) < 4.78 is 5.24. The fourth-order valence-electron chi connectivity index (χ4n) is 1.15. The topological polar surface area (TPSA) is 9.23 Å². The minimum Gasteiger partial charge on any atom is -0.381 e. The summed E-state index contributed by atoms with van der Waals surface area (Å²) in [5, 5.41) is 0.337. The van der Waals surface area contributed by atoms with Crippen LogP contribution in [-0.4, -0.2) is 24.0 Å². The fraction of sp³-hybridized carbons (Fsp3) is 1.00. The molecule has 0 saturated carbocycles. The van der Waals surface area contributed by atoms with Crippen LogP contribution in [0.2, 0.25) is 0 Å². The molecule has 3 heteroatoms. The zero-order chi connectivity index (χ0) is 7.56. The summed E-state index contributed by atoms with van der Waals surface area (Å²) in [4.78, 5) is 0. The van der Waals surface area contributed by atoms with Crippen LogP contribution in [0, 0.1) is 5.92 Å². The zero-order valence-corrected chi connectivity index (χ0v) is 7.53. The SMILES string of the molecule is CC(Cl)C1COCCC1Cl. The van der Waals surface area contributed by atoms with E-state index in [4.69, 9.17) is 27.9 Å². The quantitative estimate of drug-likeness (QED) is 0.566. The monoisotopic (exact) mass is 182 g/mol. The first kappa shape index (κ1) is 8.63. The smallest absolute Gasteiger partial charge is 0.0522 e. The van der Waals surface area contributed by atoms with Crippen LogP contribution in [-0.2, 0) is 4.74 Å². The molecule has 0 bridgehead atoms. The van der Waals surface area contributed by atoms with E-state index in [9.17, 15) is 0 Å². The molecule has 0 spiro atoms. The molecule has 1 aliphatic heterocycles. The summed E-state index contributed by atoms with van der Waals surface area (Å²) in [6.45, 7) is 3.48. The van der Waals surface area contributed by atoms with E-state index in [1.165, 1.54) is 0 Å². The van der Waals surface area contributed by atoms with E-state index in [-0.39, 0.29) is 10.8 Å². The summed E-state index contributed by atoms with van der Waals surface area (Å²) in [6, 6.07) is 0. The number of alkyl halides is 2. The van der Waals surface area contributed by atoms with Crippen LogP contribution in [0.1, 0.15) is 13.3 Å². The average Bonchev–Trinajstić information content (AvgIpc) is 1.88. The van der Waals surface area contributed by atoms with Gasteiger partial charge in [0, 0.05) is 23.3 Å². The summed E-state index contributed by atoms with van der Waals surface area (Å²) in [5.74, 6) is 0.331. The van der Waals surface area contributed by atoms with Crippen molar-refractivity contribution in [2.24, 2.45) is 5.92 Å². The number of ether oxygens (including phenoxy) is 1. The van der Waals surface area contributed by atoms with Gasteiger partial charge in [-0.25, -0.2) is 0 Å². The molecule has 0 aromatic heterocycles. The predicted octanol–water partition coefficient (Wildman–Crippen LogP) is 2.26. The first-order valence-corrected chi connectivity index (χ1v) is 4.45. The molecule has 1 aliphatic rings. The van der Waals surface area contributed by atoms with Crippen LogP contribution in [0.25, 0.3) is 0 Å². The van der Waals surface area contributed by atoms with Crippen molar-refractivity contribution >= 4 is 23.2 Å². The van der Waals surface area contributed by atoms with Crippen molar-refractivity contribution in [3.05, 3.63) is 0 Å². The Morgan fingerprint density at radius 3 is 2.70 bits per heavy atom. The highest BCUT2D eigenvalue weighted by molar-refractivity contribution is 6.23. The van der Waals surface area contributed by atoms with Gasteiger partial charge in [0.05, 0.1) is 6.61 Å². The lowest BCUT2D eigenvalue weighted by molar-refractivity contribution is 0.0577. The molecular weight excluding hydrogens is 171 g/mol. The van der Waals surface area contributed by atoms with E-state index in [0.29, 0.717) is 5.92 Å². The lowest BCUT2D eigenvalue weighted by atomic mass is 9.99. The van der Waals surface area contributed by atoms with E-state index in [1.54, 1.807) is 0 Å². The van der Waals surface area contributed by atoms with Crippen LogP contribution in [0.4, 0.5) is 0 Å². The molecule has 1 rings (SSSR count). The molecule has 0 amide bonds. The van der Waals surface area contributed by atoms with Crippen LogP contribution < -0.4 is 0 Å². The Labute approximate surface area is 71.6 Å². The number of rotatable bonds is 1. The van der Waals surface area contributed by atoms with Gasteiger partial charge in [-0.2, -0.15) is 0 Å². The Kier molecular flexibility index (Phi) is 3.28. The molecule has 10 heavy (non-hydrogen) atoms. The molecule has 0 aromatic rings. The first-order valence-electron chi connectivity index (χ1n) is 3.57. The standard InChI is InChI=1S/C7H12Cl2O/c1-5(8)6-4-10-3-2-7(6)9/h5-7H,2-4H2,1H3. The van der Waals surface area contributed by atoms with Crippen molar-refractivity contribution in [2.45, 2.75) is 24.1 Å². The second-order valence-corrected chi connectivity index (χ2v) is 3.97. The Balaban J connectivity index is 2.40. The maximum absolute atomic E-state index is 6.01. The van der Waals surface area contributed by atoms with Gasteiger partial charge in [0.25, 0.3) is 0 Å². The Morgan fingerprint density at radius 2 is 2.30 bits per heavy atom. The van der Waals surface area contributed by atoms with Gasteiger partial charge in [-0.05, 0) is 13.3 Å². The van der Waals surface area contributed by atoms with Crippen molar-refractivity contribution in [3.8, 4) is 0 Å². The van der Waals surface area contributed by atoms with Gasteiger partial charge in [0.15, 0.2) is 0 Å². The predicted molar refractivity (Wildman–Crippen MR) is 43.9 cm³/mol. The van der Waals surface area contributed by atoms with Crippen LogP contribution in [0.5, 0.6) is 0 Å². The van der Waals surface area contributed by atoms with Gasteiger partial charge in [-0.3, -0.25) is 0 Å². The highest BCUT2D eigenvalue weighted by Gasteiger charge is 2.27. The van der Waals surface area contributed by atoms with Crippen molar-refractivity contribution in [1.82, 2.24) is 0 Å². The number of hydrogen-bond acceptors (Lipinski definition) is 1. The van der Waals surface area contributed by atoms with E-state index in [0.717, 1.165) is 19.6 Å². The molecule has 0 aliphatic carbocycles. The first-order chi connectivity index (χ1) is 4.72. The van der Waals surface area contributed by atoms with E-state index in [1.807, 2.05) is 6.92 Å². The highest BCUT2D eigenvalue weighted by Crippen LogP contribution is 2.25. The van der Waals surface area contributed by atoms with Gasteiger partial charge in [0.1, 0.15) is 0 Å². The lowest BCUT2D eigenvalue weighted by Crippen LogP contribution is -2.33. The lowest BCUT2D eigenvalue weighted by Gasteiger charge is -2.28. The fourth-order valence-corrected chi connectivity index (χ4v) is 1.86.